The van der Waals surface area contributed by atoms with Crippen molar-refractivity contribution in [3.05, 3.63) is 82.4 Å². The number of furan rings is 1. The number of nitro groups is 1. The summed E-state index contributed by atoms with van der Waals surface area (Å²) in [6, 6.07) is 15.7. The van der Waals surface area contributed by atoms with Gasteiger partial charge in [0, 0.05) is 30.4 Å². The van der Waals surface area contributed by atoms with E-state index in [-0.39, 0.29) is 17.8 Å². The first-order valence-electron chi connectivity index (χ1n) is 9.76. The van der Waals surface area contributed by atoms with E-state index in [9.17, 15) is 10.1 Å². The lowest BCUT2D eigenvalue weighted by atomic mass is 10.0. The molecule has 2 aromatic heterocycles. The Morgan fingerprint density at radius 2 is 2.07 bits per heavy atom. The first-order chi connectivity index (χ1) is 14.4. The van der Waals surface area contributed by atoms with Gasteiger partial charge >= 0.3 is 0 Å². The Labute approximate surface area is 179 Å². The monoisotopic (exact) mass is 422 g/mol. The summed E-state index contributed by atoms with van der Waals surface area (Å²) < 4.78 is 6.21. The van der Waals surface area contributed by atoms with Gasteiger partial charge in [0.25, 0.3) is 5.69 Å². The summed E-state index contributed by atoms with van der Waals surface area (Å²) in [7, 11) is 0. The second kappa shape index (κ2) is 8.23. The highest BCUT2D eigenvalue weighted by atomic mass is 32.1. The van der Waals surface area contributed by atoms with Crippen molar-refractivity contribution >= 4 is 23.0 Å². The van der Waals surface area contributed by atoms with Gasteiger partial charge < -0.3 is 14.6 Å². The van der Waals surface area contributed by atoms with Crippen LogP contribution in [0.5, 0.6) is 0 Å². The summed E-state index contributed by atoms with van der Waals surface area (Å²) in [4.78, 5) is 17.4. The molecule has 154 valence electrons. The zero-order chi connectivity index (χ0) is 21.3. The molecule has 30 heavy (non-hydrogen) atoms. The van der Waals surface area contributed by atoms with Gasteiger partial charge in [-0.1, -0.05) is 32.0 Å². The van der Waals surface area contributed by atoms with Gasteiger partial charge in [-0.3, -0.25) is 15.1 Å². The minimum atomic E-state index is -0.409. The maximum Gasteiger partial charge on any atom is 0.270 e. The quantitative estimate of drug-likeness (QED) is 0.344. The smallest absolute Gasteiger partial charge is 0.270 e. The largest absolute Gasteiger partial charge is 0.459 e. The molecular formula is C22H22N4O3S. The molecule has 0 bridgehead atoms. The fourth-order valence-corrected chi connectivity index (χ4v) is 4.06. The topological polar surface area (TPSA) is 84.4 Å². The van der Waals surface area contributed by atoms with Gasteiger partial charge in [-0.25, -0.2) is 0 Å². The Balaban J connectivity index is 1.72. The van der Waals surface area contributed by atoms with Crippen LogP contribution in [-0.2, 0) is 0 Å². The van der Waals surface area contributed by atoms with Crippen molar-refractivity contribution < 1.29 is 9.34 Å². The van der Waals surface area contributed by atoms with E-state index < -0.39 is 4.92 Å². The Hall–Kier alpha value is -3.26. The molecule has 1 aromatic carbocycles. The van der Waals surface area contributed by atoms with Crippen LogP contribution in [0.2, 0.25) is 0 Å². The van der Waals surface area contributed by atoms with Crippen molar-refractivity contribution in [3.63, 3.8) is 0 Å². The summed E-state index contributed by atoms with van der Waals surface area (Å²) >= 11 is 5.63. The predicted molar refractivity (Wildman–Crippen MR) is 118 cm³/mol. The molecule has 0 saturated carbocycles. The third-order valence-electron chi connectivity index (χ3n) is 5.02. The third-order valence-corrected chi connectivity index (χ3v) is 5.37. The lowest BCUT2D eigenvalue weighted by Crippen LogP contribution is -2.32. The molecule has 3 heterocycles. The van der Waals surface area contributed by atoms with E-state index in [1.54, 1.807) is 18.3 Å². The molecule has 1 N–H and O–H groups in total. The lowest BCUT2D eigenvalue weighted by molar-refractivity contribution is -0.384. The average molecular weight is 423 g/mol. The van der Waals surface area contributed by atoms with E-state index in [1.165, 1.54) is 12.1 Å². The number of benzene rings is 1. The molecule has 1 aliphatic heterocycles. The minimum absolute atomic E-state index is 0.0296. The van der Waals surface area contributed by atoms with Crippen LogP contribution < -0.4 is 5.32 Å². The highest BCUT2D eigenvalue weighted by Crippen LogP contribution is 2.40. The van der Waals surface area contributed by atoms with Crippen molar-refractivity contribution in [2.75, 3.05) is 6.54 Å². The zero-order valence-electron chi connectivity index (χ0n) is 16.7. The summed E-state index contributed by atoms with van der Waals surface area (Å²) in [5, 5.41) is 15.2. The van der Waals surface area contributed by atoms with Crippen LogP contribution in [0, 0.1) is 16.0 Å². The molecule has 4 rings (SSSR count). The number of non-ortho nitro benzene ring substituents is 1. The number of nitrogens with one attached hydrogen (secondary N) is 1. The maximum atomic E-state index is 11.1. The van der Waals surface area contributed by atoms with E-state index >= 15 is 0 Å². The molecular weight excluding hydrogens is 400 g/mol. The van der Waals surface area contributed by atoms with Crippen LogP contribution in [0.4, 0.5) is 5.69 Å². The average Bonchev–Trinajstić information content (AvgIpc) is 3.34. The van der Waals surface area contributed by atoms with Crippen LogP contribution in [0.3, 0.4) is 0 Å². The van der Waals surface area contributed by atoms with Gasteiger partial charge in [-0.05, 0) is 42.4 Å². The van der Waals surface area contributed by atoms with E-state index in [2.05, 4.69) is 29.0 Å². The summed E-state index contributed by atoms with van der Waals surface area (Å²) in [5.74, 6) is 1.72. The molecule has 2 atom stereocenters. The predicted octanol–water partition coefficient (Wildman–Crippen LogP) is 4.88. The Kier molecular flexibility index (Phi) is 5.50. The molecule has 1 fully saturated rings. The van der Waals surface area contributed by atoms with Crippen molar-refractivity contribution in [3.8, 4) is 11.3 Å². The summed E-state index contributed by atoms with van der Waals surface area (Å²) in [5.41, 5.74) is 1.57. The minimum Gasteiger partial charge on any atom is -0.459 e. The third kappa shape index (κ3) is 3.91. The van der Waals surface area contributed by atoms with Gasteiger partial charge in [0.05, 0.1) is 16.7 Å². The van der Waals surface area contributed by atoms with Crippen LogP contribution in [-0.4, -0.2) is 26.5 Å². The highest BCUT2D eigenvalue weighted by Gasteiger charge is 2.41. The molecule has 0 spiro atoms. The molecule has 3 aromatic rings. The van der Waals surface area contributed by atoms with Crippen LogP contribution in [0.1, 0.15) is 37.4 Å². The molecule has 0 radical (unpaired) electrons. The van der Waals surface area contributed by atoms with Crippen LogP contribution in [0.25, 0.3) is 11.3 Å². The second-order valence-corrected chi connectivity index (χ2v) is 8.07. The number of rotatable bonds is 6. The van der Waals surface area contributed by atoms with Crippen LogP contribution >= 0.6 is 12.2 Å². The lowest BCUT2D eigenvalue weighted by Gasteiger charge is -2.27. The number of hydrogen-bond acceptors (Lipinski definition) is 5. The molecule has 1 saturated heterocycles. The number of pyridine rings is 1. The van der Waals surface area contributed by atoms with E-state index in [0.29, 0.717) is 22.4 Å². The second-order valence-electron chi connectivity index (χ2n) is 7.68. The molecule has 0 amide bonds. The summed E-state index contributed by atoms with van der Waals surface area (Å²) in [6.07, 6.45) is 1.76. The van der Waals surface area contributed by atoms with Gasteiger partial charge in [0.1, 0.15) is 17.6 Å². The maximum absolute atomic E-state index is 11.1. The zero-order valence-corrected chi connectivity index (χ0v) is 17.5. The SMILES string of the molecule is CC(C)CN1C(=S)NC(c2ccccn2)C1c1ccc(-c2cccc([N+](=O)[O-])c2)o1. The number of thiocarbonyl (C=S) groups is 1. The van der Waals surface area contributed by atoms with E-state index in [0.717, 1.165) is 18.0 Å². The molecule has 0 aliphatic carbocycles. The molecule has 8 heteroatoms. The molecule has 1 aliphatic rings. The highest BCUT2D eigenvalue weighted by molar-refractivity contribution is 7.80. The van der Waals surface area contributed by atoms with Crippen molar-refractivity contribution in [2.24, 2.45) is 5.92 Å². The van der Waals surface area contributed by atoms with E-state index in [4.69, 9.17) is 16.6 Å². The molecule has 2 unspecified atom stereocenters. The Morgan fingerprint density at radius 1 is 1.23 bits per heavy atom. The first-order valence-corrected chi connectivity index (χ1v) is 10.2. The number of nitrogens with zero attached hydrogens (tertiary/aromatic N) is 3. The van der Waals surface area contributed by atoms with Crippen molar-refractivity contribution in [2.45, 2.75) is 25.9 Å². The van der Waals surface area contributed by atoms with Gasteiger partial charge in [0.2, 0.25) is 0 Å². The van der Waals surface area contributed by atoms with Crippen molar-refractivity contribution in [1.29, 1.82) is 0 Å². The first kappa shape index (κ1) is 20.0. The van der Waals surface area contributed by atoms with Gasteiger partial charge in [-0.2, -0.15) is 0 Å². The van der Waals surface area contributed by atoms with Gasteiger partial charge in [-0.15, -0.1) is 0 Å². The Morgan fingerprint density at radius 3 is 2.77 bits per heavy atom. The van der Waals surface area contributed by atoms with Gasteiger partial charge in [0.15, 0.2) is 5.11 Å². The standard InChI is InChI=1S/C22H22N4O3S/c1-14(2)13-25-21(20(24-22(25)30)17-8-3-4-11-23-17)19-10-9-18(29-19)15-6-5-7-16(12-15)26(27)28/h3-12,14,20-21H,13H2,1-2H3,(H,24,30). The number of hydrogen-bond donors (Lipinski definition) is 1. The number of nitro benzene ring substituents is 1. The fourth-order valence-electron chi connectivity index (χ4n) is 3.74. The Bertz CT molecular complexity index is 1070. The van der Waals surface area contributed by atoms with E-state index in [1.807, 2.05) is 30.3 Å². The number of aromatic nitrogens is 1. The van der Waals surface area contributed by atoms with Crippen molar-refractivity contribution in [1.82, 2.24) is 15.2 Å². The summed E-state index contributed by atoms with van der Waals surface area (Å²) in [6.45, 7) is 5.06. The molecule has 7 nitrogen and oxygen atoms in total. The fraction of sp³-hybridized carbons (Fsp3) is 0.273. The normalized spacial score (nSPS) is 18.6. The van der Waals surface area contributed by atoms with Crippen LogP contribution in [0.15, 0.2) is 65.2 Å².